The number of sulfone groups is 1. The van der Waals surface area contributed by atoms with Crippen LogP contribution in [0.2, 0.25) is 0 Å². The number of fused-ring (bicyclic) bond motifs is 2. The van der Waals surface area contributed by atoms with Crippen LogP contribution in [0.4, 0.5) is 5.69 Å². The third-order valence-corrected chi connectivity index (χ3v) is 8.54. The topological polar surface area (TPSA) is 55.4 Å². The minimum atomic E-state index is -3.07. The van der Waals surface area contributed by atoms with E-state index in [-0.39, 0.29) is 11.0 Å². The molecule has 0 amide bonds. The molecule has 0 bridgehead atoms. The molecule has 0 unspecified atom stereocenters. The number of benzene rings is 1. The van der Waals surface area contributed by atoms with Crippen LogP contribution in [0.5, 0.6) is 0 Å². The molecule has 1 aromatic rings. The summed E-state index contributed by atoms with van der Waals surface area (Å²) < 4.78 is 30.3. The zero-order valence-electron chi connectivity index (χ0n) is 14.5. The molecule has 3 atom stereocenters. The molecule has 0 aromatic heterocycles. The summed E-state index contributed by atoms with van der Waals surface area (Å²) in [6, 6.07) is 8.42. The van der Waals surface area contributed by atoms with Crippen molar-refractivity contribution in [3.8, 4) is 0 Å². The van der Waals surface area contributed by atoms with Gasteiger partial charge in [-0.3, -0.25) is 0 Å². The molecule has 4 nitrogen and oxygen atoms in total. The molecule has 3 fully saturated rings. The Kier molecular flexibility index (Phi) is 3.92. The summed E-state index contributed by atoms with van der Waals surface area (Å²) in [5, 5.41) is 3.39. The first-order chi connectivity index (χ1) is 11.4. The minimum absolute atomic E-state index is 0.116. The van der Waals surface area contributed by atoms with Crippen LogP contribution in [0, 0.1) is 11.3 Å². The highest BCUT2D eigenvalue weighted by atomic mass is 32.2. The van der Waals surface area contributed by atoms with Crippen molar-refractivity contribution in [1.82, 2.24) is 0 Å². The van der Waals surface area contributed by atoms with Crippen LogP contribution < -0.4 is 5.32 Å². The lowest BCUT2D eigenvalue weighted by molar-refractivity contribution is -0.158. The molecule has 2 aliphatic carbocycles. The third-order valence-electron chi connectivity index (χ3n) is 6.37. The monoisotopic (exact) mass is 349 g/mol. The molecule has 0 radical (unpaired) electrons. The maximum atomic E-state index is 12.2. The third kappa shape index (κ3) is 2.48. The first-order valence-corrected chi connectivity index (χ1v) is 10.8. The van der Waals surface area contributed by atoms with Gasteiger partial charge in [-0.15, -0.1) is 0 Å². The summed E-state index contributed by atoms with van der Waals surface area (Å²) in [5.74, 6) is 0.735. The number of nitrogens with one attached hydrogen (secondary N) is 1. The van der Waals surface area contributed by atoms with Crippen LogP contribution in [0.25, 0.3) is 0 Å². The van der Waals surface area contributed by atoms with Gasteiger partial charge < -0.3 is 10.1 Å². The van der Waals surface area contributed by atoms with Crippen LogP contribution in [-0.4, -0.2) is 32.4 Å². The van der Waals surface area contributed by atoms with Gasteiger partial charge >= 0.3 is 0 Å². The van der Waals surface area contributed by atoms with Crippen molar-refractivity contribution in [1.29, 1.82) is 0 Å². The van der Waals surface area contributed by atoms with E-state index in [4.69, 9.17) is 4.74 Å². The number of anilines is 1. The first kappa shape index (κ1) is 16.4. The zero-order chi connectivity index (χ0) is 16.9. The van der Waals surface area contributed by atoms with E-state index < -0.39 is 9.84 Å². The van der Waals surface area contributed by atoms with Crippen LogP contribution in [-0.2, 0) is 20.3 Å². The maximum absolute atomic E-state index is 12.2. The second kappa shape index (κ2) is 5.73. The van der Waals surface area contributed by atoms with Crippen LogP contribution >= 0.6 is 0 Å². The Labute approximate surface area is 144 Å². The Bertz CT molecular complexity index is 724. The molecule has 1 heterocycles. The Hall–Kier alpha value is -1.07. The lowest BCUT2D eigenvalue weighted by Gasteiger charge is -2.63. The van der Waals surface area contributed by atoms with Crippen molar-refractivity contribution in [3.05, 3.63) is 29.8 Å². The van der Waals surface area contributed by atoms with Crippen LogP contribution in [0.1, 0.15) is 45.1 Å². The van der Waals surface area contributed by atoms with Crippen molar-refractivity contribution in [2.75, 3.05) is 11.9 Å². The van der Waals surface area contributed by atoms with E-state index >= 15 is 0 Å². The normalized spacial score (nSPS) is 30.7. The summed E-state index contributed by atoms with van der Waals surface area (Å²) in [7, 11) is -3.07. The molecular weight excluding hydrogens is 322 g/mol. The Balaban J connectivity index is 1.50. The molecule has 1 N–H and O–H groups in total. The fourth-order valence-electron chi connectivity index (χ4n) is 4.79. The van der Waals surface area contributed by atoms with Gasteiger partial charge in [0.1, 0.15) is 0 Å². The molecule has 3 aliphatic rings. The number of hydrogen-bond acceptors (Lipinski definition) is 4. The molecule has 1 aromatic carbocycles. The second-order valence-corrected chi connectivity index (χ2v) is 10.6. The zero-order valence-corrected chi connectivity index (χ0v) is 15.3. The maximum Gasteiger partial charge on any atom is 0.156 e. The molecule has 1 saturated heterocycles. The van der Waals surface area contributed by atoms with E-state index in [9.17, 15) is 8.42 Å². The van der Waals surface area contributed by atoms with Crippen LogP contribution in [0.3, 0.4) is 0 Å². The second-order valence-electron chi connectivity index (χ2n) is 8.01. The van der Waals surface area contributed by atoms with E-state index in [1.807, 2.05) is 18.2 Å². The summed E-state index contributed by atoms with van der Waals surface area (Å²) in [6.45, 7) is 4.38. The predicted molar refractivity (Wildman–Crippen MR) is 95.7 cm³/mol. The first-order valence-electron chi connectivity index (χ1n) is 9.11. The Morgan fingerprint density at radius 3 is 2.79 bits per heavy atom. The van der Waals surface area contributed by atoms with Gasteiger partial charge in [-0.1, -0.05) is 18.6 Å². The number of rotatable bonds is 5. The molecule has 2 saturated carbocycles. The summed E-state index contributed by atoms with van der Waals surface area (Å²) in [4.78, 5) is 0. The van der Waals surface area contributed by atoms with Gasteiger partial charge in [0.05, 0.1) is 17.1 Å². The van der Waals surface area contributed by atoms with Gasteiger partial charge in [-0.25, -0.2) is 8.42 Å². The van der Waals surface area contributed by atoms with Gasteiger partial charge in [-0.2, -0.15) is 0 Å². The van der Waals surface area contributed by atoms with Gasteiger partial charge in [-0.05, 0) is 50.8 Å². The van der Waals surface area contributed by atoms with Crippen LogP contribution in [0.15, 0.2) is 24.3 Å². The number of hydrogen-bond donors (Lipinski definition) is 1. The van der Waals surface area contributed by atoms with E-state index in [1.54, 1.807) is 13.8 Å². The lowest BCUT2D eigenvalue weighted by Crippen LogP contribution is -2.68. The summed E-state index contributed by atoms with van der Waals surface area (Å²) in [6.07, 6.45) is 5.41. The van der Waals surface area contributed by atoms with Gasteiger partial charge in [0, 0.05) is 29.7 Å². The van der Waals surface area contributed by atoms with E-state index in [0.29, 0.717) is 23.5 Å². The Morgan fingerprint density at radius 2 is 2.12 bits per heavy atom. The van der Waals surface area contributed by atoms with Crippen molar-refractivity contribution in [3.63, 3.8) is 0 Å². The van der Waals surface area contributed by atoms with Crippen molar-refractivity contribution in [2.45, 2.75) is 62.7 Å². The smallest absolute Gasteiger partial charge is 0.156 e. The molecule has 24 heavy (non-hydrogen) atoms. The van der Waals surface area contributed by atoms with Gasteiger partial charge in [0.15, 0.2) is 9.84 Å². The molecule has 1 spiro atoms. The molecular formula is C19H27NO3S. The lowest BCUT2D eigenvalue weighted by atomic mass is 9.46. The standard InChI is InChI=1S/C19H27NO3S/c1-13(2)24(21,22)12-14-5-3-6-15(11-14)20-17-16-7-10-23-18(16)19(17)8-4-9-19/h3,5-6,11,13,16-18,20H,4,7-10,12H2,1-2H3/t16-,17+,18+/m0/s1. The average molecular weight is 349 g/mol. The SMILES string of the molecule is CC(C)S(=O)(=O)Cc1cccc(N[C@@H]2[C@@H]3CCO[C@H]3C23CCC3)c1. The number of ether oxygens (including phenoxy) is 1. The quantitative estimate of drug-likeness (QED) is 0.885. The van der Waals surface area contributed by atoms with E-state index in [1.165, 1.54) is 19.3 Å². The van der Waals surface area contributed by atoms with Crippen molar-refractivity contribution in [2.24, 2.45) is 11.3 Å². The van der Waals surface area contributed by atoms with Crippen molar-refractivity contribution >= 4 is 15.5 Å². The van der Waals surface area contributed by atoms with Crippen molar-refractivity contribution < 1.29 is 13.2 Å². The molecule has 5 heteroatoms. The largest absolute Gasteiger partial charge is 0.381 e. The molecule has 1 aliphatic heterocycles. The summed E-state index contributed by atoms with van der Waals surface area (Å²) in [5.41, 5.74) is 2.25. The highest BCUT2D eigenvalue weighted by molar-refractivity contribution is 7.91. The van der Waals surface area contributed by atoms with Gasteiger partial charge in [0.2, 0.25) is 0 Å². The fraction of sp³-hybridized carbons (Fsp3) is 0.684. The van der Waals surface area contributed by atoms with E-state index in [2.05, 4.69) is 11.4 Å². The molecule has 132 valence electrons. The average Bonchev–Trinajstić information content (AvgIpc) is 2.88. The van der Waals surface area contributed by atoms with E-state index in [0.717, 1.165) is 24.3 Å². The molecule has 4 rings (SSSR count). The summed E-state index contributed by atoms with van der Waals surface area (Å²) >= 11 is 0. The fourth-order valence-corrected chi connectivity index (χ4v) is 5.76. The Morgan fingerprint density at radius 1 is 1.33 bits per heavy atom. The van der Waals surface area contributed by atoms with Gasteiger partial charge in [0.25, 0.3) is 0 Å². The highest BCUT2D eigenvalue weighted by Crippen LogP contribution is 2.63. The predicted octanol–water partition coefficient (Wildman–Crippen LogP) is 3.38. The highest BCUT2D eigenvalue weighted by Gasteiger charge is 2.66. The minimum Gasteiger partial charge on any atom is -0.381 e.